The Morgan fingerprint density at radius 3 is 2.59 bits per heavy atom. The molecule has 1 aromatic heterocycles. The quantitative estimate of drug-likeness (QED) is 0.763. The predicted octanol–water partition coefficient (Wildman–Crippen LogP) is 4.95. The van der Waals surface area contributed by atoms with Crippen LogP contribution in [0.15, 0.2) is 55.3 Å². The van der Waals surface area contributed by atoms with E-state index >= 15 is 0 Å². The molecule has 2 aromatic rings. The average molecular weight is 364 g/mol. The molecule has 0 amide bonds. The lowest BCUT2D eigenvalue weighted by Crippen LogP contribution is -2.32. The van der Waals surface area contributed by atoms with Crippen LogP contribution in [0.5, 0.6) is 0 Å². The molecule has 4 heteroatoms. The van der Waals surface area contributed by atoms with E-state index in [1.54, 1.807) is 6.08 Å². The molecule has 1 aliphatic heterocycles. The van der Waals surface area contributed by atoms with E-state index in [1.165, 1.54) is 11.8 Å². The number of hydrogen-bond donors (Lipinski definition) is 1. The lowest BCUT2D eigenvalue weighted by Gasteiger charge is -2.30. The number of pyridine rings is 1. The number of carbonyl (C=O) groups is 1. The number of allylic oxidation sites excluding steroid dienone is 3. The SMILES string of the molecule is C=C/C(=C\C)c1c(C(=O)O)cnc2c1CCN(Cc1ccccc1)C2.CC. The first-order chi connectivity index (χ1) is 13.1. The molecular weight excluding hydrogens is 336 g/mol. The number of aromatic carboxylic acids is 1. The summed E-state index contributed by atoms with van der Waals surface area (Å²) < 4.78 is 0. The fraction of sp³-hybridized carbons (Fsp3) is 0.304. The zero-order valence-corrected chi connectivity index (χ0v) is 16.4. The van der Waals surface area contributed by atoms with Crippen LogP contribution in [0.3, 0.4) is 0 Å². The molecular formula is C23H28N2O2. The maximum atomic E-state index is 11.6. The number of fused-ring (bicyclic) bond motifs is 1. The molecule has 1 N–H and O–H groups in total. The molecule has 4 nitrogen and oxygen atoms in total. The first kappa shape index (κ1) is 20.6. The summed E-state index contributed by atoms with van der Waals surface area (Å²) in [5.41, 5.74) is 5.15. The Morgan fingerprint density at radius 2 is 2.00 bits per heavy atom. The summed E-state index contributed by atoms with van der Waals surface area (Å²) in [5, 5.41) is 9.54. The van der Waals surface area contributed by atoms with Gasteiger partial charge in [0.1, 0.15) is 0 Å². The van der Waals surface area contributed by atoms with Gasteiger partial charge in [-0.15, -0.1) is 0 Å². The summed E-state index contributed by atoms with van der Waals surface area (Å²) in [6, 6.07) is 10.4. The first-order valence-electron chi connectivity index (χ1n) is 9.43. The van der Waals surface area contributed by atoms with Crippen LogP contribution in [0.1, 0.15) is 53.5 Å². The van der Waals surface area contributed by atoms with Crippen molar-refractivity contribution in [3.8, 4) is 0 Å². The lowest BCUT2D eigenvalue weighted by molar-refractivity contribution is 0.0695. The Balaban J connectivity index is 0.00000126. The highest BCUT2D eigenvalue weighted by Crippen LogP contribution is 2.30. The number of hydrogen-bond acceptors (Lipinski definition) is 3. The fourth-order valence-corrected chi connectivity index (χ4v) is 3.39. The van der Waals surface area contributed by atoms with Gasteiger partial charge >= 0.3 is 5.97 Å². The second-order valence-corrected chi connectivity index (χ2v) is 6.17. The van der Waals surface area contributed by atoms with Gasteiger partial charge in [0, 0.05) is 31.4 Å². The van der Waals surface area contributed by atoms with E-state index in [0.29, 0.717) is 0 Å². The zero-order valence-electron chi connectivity index (χ0n) is 16.4. The Morgan fingerprint density at radius 1 is 1.30 bits per heavy atom. The van der Waals surface area contributed by atoms with E-state index in [-0.39, 0.29) is 5.56 Å². The third-order valence-electron chi connectivity index (χ3n) is 4.62. The molecule has 0 atom stereocenters. The molecule has 0 saturated carbocycles. The molecule has 0 bridgehead atoms. The molecule has 2 heterocycles. The molecule has 0 spiro atoms. The van der Waals surface area contributed by atoms with Crippen LogP contribution in [-0.4, -0.2) is 27.5 Å². The molecule has 142 valence electrons. The van der Waals surface area contributed by atoms with Crippen LogP contribution < -0.4 is 0 Å². The molecule has 1 aliphatic rings. The van der Waals surface area contributed by atoms with Gasteiger partial charge in [-0.3, -0.25) is 9.88 Å². The predicted molar refractivity (Wildman–Crippen MR) is 111 cm³/mol. The fourth-order valence-electron chi connectivity index (χ4n) is 3.39. The van der Waals surface area contributed by atoms with E-state index in [2.05, 4.69) is 28.6 Å². The van der Waals surface area contributed by atoms with Crippen molar-refractivity contribution in [1.29, 1.82) is 0 Å². The van der Waals surface area contributed by atoms with Gasteiger partial charge in [-0.25, -0.2) is 4.79 Å². The van der Waals surface area contributed by atoms with Gasteiger partial charge in [0.2, 0.25) is 0 Å². The van der Waals surface area contributed by atoms with E-state index < -0.39 is 5.97 Å². The maximum Gasteiger partial charge on any atom is 0.337 e. The minimum absolute atomic E-state index is 0.253. The van der Waals surface area contributed by atoms with Crippen LogP contribution in [0, 0.1) is 0 Å². The summed E-state index contributed by atoms with van der Waals surface area (Å²) in [4.78, 5) is 18.4. The van der Waals surface area contributed by atoms with Crippen LogP contribution >= 0.6 is 0 Å². The summed E-state index contributed by atoms with van der Waals surface area (Å²) in [6.45, 7) is 12.2. The van der Waals surface area contributed by atoms with Crippen LogP contribution in [-0.2, 0) is 19.5 Å². The molecule has 1 aromatic carbocycles. The smallest absolute Gasteiger partial charge is 0.337 e. The van der Waals surface area contributed by atoms with Gasteiger partial charge in [-0.1, -0.05) is 62.9 Å². The molecule has 0 fully saturated rings. The van der Waals surface area contributed by atoms with Gasteiger partial charge in [-0.2, -0.15) is 0 Å². The van der Waals surface area contributed by atoms with Crippen molar-refractivity contribution in [2.75, 3.05) is 6.54 Å². The van der Waals surface area contributed by atoms with Crippen LogP contribution in [0.4, 0.5) is 0 Å². The molecule has 3 rings (SSSR count). The standard InChI is InChI=1S/C21H22N2O2.C2H6/c1-3-16(4-2)20-17-10-11-23(13-15-8-6-5-7-9-15)14-19(17)22-12-18(20)21(24)25;1-2/h3-9,12H,1,10-11,13-14H2,2H3,(H,24,25);1-2H3/b16-4+;. The van der Waals surface area contributed by atoms with E-state index in [0.717, 1.165) is 48.4 Å². The molecule has 0 saturated heterocycles. The number of carboxylic acid groups (broad SMARTS) is 1. The number of rotatable bonds is 5. The Labute approximate surface area is 161 Å². The van der Waals surface area contributed by atoms with E-state index in [1.807, 2.05) is 45.0 Å². The minimum Gasteiger partial charge on any atom is -0.478 e. The largest absolute Gasteiger partial charge is 0.478 e. The Hall–Kier alpha value is -2.72. The number of aromatic nitrogens is 1. The van der Waals surface area contributed by atoms with Crippen LogP contribution in [0.2, 0.25) is 0 Å². The van der Waals surface area contributed by atoms with Gasteiger partial charge < -0.3 is 5.11 Å². The first-order valence-corrected chi connectivity index (χ1v) is 9.43. The van der Waals surface area contributed by atoms with Gasteiger partial charge in [0.05, 0.1) is 11.3 Å². The number of carboxylic acids is 1. The third-order valence-corrected chi connectivity index (χ3v) is 4.62. The van der Waals surface area contributed by atoms with E-state index in [4.69, 9.17) is 0 Å². The van der Waals surface area contributed by atoms with Gasteiger partial charge in [0.25, 0.3) is 0 Å². The molecule has 27 heavy (non-hydrogen) atoms. The minimum atomic E-state index is -0.946. The van der Waals surface area contributed by atoms with Crippen molar-refractivity contribution < 1.29 is 9.90 Å². The van der Waals surface area contributed by atoms with Gasteiger partial charge in [0.15, 0.2) is 0 Å². The molecule has 0 aliphatic carbocycles. The molecule has 0 radical (unpaired) electrons. The van der Waals surface area contributed by atoms with Crippen molar-refractivity contribution in [3.63, 3.8) is 0 Å². The average Bonchev–Trinajstić information content (AvgIpc) is 2.71. The lowest BCUT2D eigenvalue weighted by atomic mass is 9.90. The second-order valence-electron chi connectivity index (χ2n) is 6.17. The Kier molecular flexibility index (Phi) is 7.50. The highest BCUT2D eigenvalue weighted by molar-refractivity contribution is 5.96. The van der Waals surface area contributed by atoms with Gasteiger partial charge in [-0.05, 0) is 30.0 Å². The summed E-state index contributed by atoms with van der Waals surface area (Å²) in [5.74, 6) is -0.946. The molecule has 0 unspecified atom stereocenters. The Bertz CT molecular complexity index is 826. The highest BCUT2D eigenvalue weighted by Gasteiger charge is 2.25. The highest BCUT2D eigenvalue weighted by atomic mass is 16.4. The van der Waals surface area contributed by atoms with Crippen molar-refractivity contribution in [1.82, 2.24) is 9.88 Å². The summed E-state index contributed by atoms with van der Waals surface area (Å²) in [7, 11) is 0. The maximum absolute atomic E-state index is 11.6. The number of benzene rings is 1. The van der Waals surface area contributed by atoms with E-state index in [9.17, 15) is 9.90 Å². The normalized spacial score (nSPS) is 14.0. The summed E-state index contributed by atoms with van der Waals surface area (Å²) in [6.07, 6.45) is 5.90. The second kappa shape index (κ2) is 9.83. The number of nitrogens with zero attached hydrogens (tertiary/aromatic N) is 2. The van der Waals surface area contributed by atoms with Crippen LogP contribution in [0.25, 0.3) is 5.57 Å². The van der Waals surface area contributed by atoms with Crippen molar-refractivity contribution in [3.05, 3.63) is 83.2 Å². The monoisotopic (exact) mass is 364 g/mol. The zero-order chi connectivity index (χ0) is 19.8. The van der Waals surface area contributed by atoms with Crippen molar-refractivity contribution in [2.24, 2.45) is 0 Å². The van der Waals surface area contributed by atoms with Crippen molar-refractivity contribution >= 4 is 11.5 Å². The third kappa shape index (κ3) is 4.72. The summed E-state index contributed by atoms with van der Waals surface area (Å²) >= 11 is 0. The topological polar surface area (TPSA) is 53.4 Å². The van der Waals surface area contributed by atoms with Crippen molar-refractivity contribution in [2.45, 2.75) is 40.3 Å².